The molecule has 0 atom stereocenters. The molecule has 1 N–H and O–H groups in total. The molecule has 1 saturated heterocycles. The number of benzene rings is 2. The smallest absolute Gasteiger partial charge is 0.248 e. The molecule has 1 amide bonds. The number of hydrogen-bond donors (Lipinski definition) is 1. The summed E-state index contributed by atoms with van der Waals surface area (Å²) >= 11 is 0. The number of rotatable bonds is 7. The van der Waals surface area contributed by atoms with Gasteiger partial charge in [-0.2, -0.15) is 4.31 Å². The molecule has 3 aromatic rings. The maximum Gasteiger partial charge on any atom is 0.248 e. The number of aromatic nitrogens is 1. The summed E-state index contributed by atoms with van der Waals surface area (Å²) in [4.78, 5) is 12.5. The molecule has 0 saturated carbocycles. The minimum absolute atomic E-state index is 0.0351. The topological polar surface area (TPSA) is 92.5 Å². The van der Waals surface area contributed by atoms with Gasteiger partial charge in [0, 0.05) is 31.1 Å². The van der Waals surface area contributed by atoms with Crippen molar-refractivity contribution in [1.82, 2.24) is 14.8 Å². The van der Waals surface area contributed by atoms with E-state index in [-0.39, 0.29) is 41.3 Å². The molecule has 4 rings (SSSR count). The molecule has 2 aromatic carbocycles. The summed E-state index contributed by atoms with van der Waals surface area (Å²) < 4.78 is 47.3. The normalized spacial score (nSPS) is 15.6. The maximum atomic E-state index is 13.9. The van der Waals surface area contributed by atoms with Gasteiger partial charge >= 0.3 is 0 Å². The van der Waals surface area contributed by atoms with Gasteiger partial charge in [0.15, 0.2) is 10.7 Å². The largest absolute Gasteiger partial charge is 0.355 e. The number of sulfonamides is 1. The Morgan fingerprint density at radius 2 is 1.79 bits per heavy atom. The Labute approximate surface area is 198 Å². The van der Waals surface area contributed by atoms with Crippen LogP contribution in [0.3, 0.4) is 0 Å². The Kier molecular flexibility index (Phi) is 7.23. The van der Waals surface area contributed by atoms with Crippen molar-refractivity contribution in [3.8, 4) is 0 Å². The van der Waals surface area contributed by atoms with Crippen LogP contribution in [0.15, 0.2) is 64.0 Å². The minimum Gasteiger partial charge on any atom is -0.355 e. The van der Waals surface area contributed by atoms with Crippen LogP contribution >= 0.6 is 0 Å². The highest BCUT2D eigenvalue weighted by Gasteiger charge is 2.35. The quantitative estimate of drug-likeness (QED) is 0.548. The molecule has 0 unspecified atom stereocenters. The molecule has 1 aliphatic heterocycles. The van der Waals surface area contributed by atoms with Crippen LogP contribution in [-0.2, 0) is 21.4 Å². The molecule has 9 heteroatoms. The first-order valence-electron chi connectivity index (χ1n) is 11.1. The zero-order valence-corrected chi connectivity index (χ0v) is 19.6. The Hall–Kier alpha value is -3.30. The van der Waals surface area contributed by atoms with Crippen molar-refractivity contribution in [3.63, 3.8) is 0 Å². The van der Waals surface area contributed by atoms with Gasteiger partial charge in [-0.15, -0.1) is 0 Å². The van der Waals surface area contributed by atoms with Gasteiger partial charge in [-0.05, 0) is 43.5 Å². The predicted octanol–water partition coefficient (Wildman–Crippen LogP) is 4.01. The third kappa shape index (κ3) is 5.26. The third-order valence-electron chi connectivity index (χ3n) is 5.88. The number of carbonyl (C=O) groups is 1. The first kappa shape index (κ1) is 23.8. The number of carbonyl (C=O) groups excluding carboxylic acids is 1. The number of piperidine rings is 1. The fraction of sp³-hybridized carbons (Fsp3) is 0.280. The lowest BCUT2D eigenvalue weighted by Gasteiger charge is -2.30. The molecular weight excluding hydrogens is 457 g/mol. The van der Waals surface area contributed by atoms with Crippen molar-refractivity contribution in [3.05, 3.63) is 83.0 Å². The second-order valence-corrected chi connectivity index (χ2v) is 10.1. The van der Waals surface area contributed by atoms with E-state index in [1.54, 1.807) is 25.1 Å². The van der Waals surface area contributed by atoms with E-state index in [0.29, 0.717) is 24.9 Å². The number of amides is 1. The third-order valence-corrected chi connectivity index (χ3v) is 7.94. The van der Waals surface area contributed by atoms with Crippen molar-refractivity contribution in [2.45, 2.75) is 31.2 Å². The molecule has 178 valence electrons. The molecule has 1 fully saturated rings. The van der Waals surface area contributed by atoms with Crippen molar-refractivity contribution < 1.29 is 22.1 Å². The van der Waals surface area contributed by atoms with Crippen LogP contribution in [0.2, 0.25) is 0 Å². The van der Waals surface area contributed by atoms with Crippen molar-refractivity contribution in [2.75, 3.05) is 13.1 Å². The zero-order chi connectivity index (χ0) is 24.1. The summed E-state index contributed by atoms with van der Waals surface area (Å²) in [6, 6.07) is 15.8. The number of aryl methyl sites for hydroxylation is 1. The summed E-state index contributed by atoms with van der Waals surface area (Å²) in [6.45, 7) is 2.43. The van der Waals surface area contributed by atoms with Gasteiger partial charge in [0.1, 0.15) is 11.5 Å². The van der Waals surface area contributed by atoms with Gasteiger partial charge in [0.2, 0.25) is 15.9 Å². The van der Waals surface area contributed by atoms with E-state index in [2.05, 4.69) is 10.5 Å². The molecule has 0 bridgehead atoms. The van der Waals surface area contributed by atoms with Crippen LogP contribution in [0.25, 0.3) is 12.2 Å². The molecular formula is C25H26FN3O4S. The van der Waals surface area contributed by atoms with Gasteiger partial charge in [0.05, 0.1) is 0 Å². The van der Waals surface area contributed by atoms with E-state index in [4.69, 9.17) is 4.52 Å². The molecule has 0 spiro atoms. The first-order chi connectivity index (χ1) is 16.4. The van der Waals surface area contributed by atoms with E-state index < -0.39 is 15.8 Å². The Morgan fingerprint density at radius 1 is 1.12 bits per heavy atom. The highest BCUT2D eigenvalue weighted by atomic mass is 32.2. The van der Waals surface area contributed by atoms with E-state index in [1.807, 2.05) is 30.3 Å². The summed E-state index contributed by atoms with van der Waals surface area (Å²) in [6.07, 6.45) is 3.71. The number of nitrogens with one attached hydrogen (secondary N) is 1. The van der Waals surface area contributed by atoms with Crippen LogP contribution in [0.1, 0.15) is 35.4 Å². The number of halogens is 1. The van der Waals surface area contributed by atoms with Gasteiger partial charge in [-0.25, -0.2) is 12.8 Å². The lowest BCUT2D eigenvalue weighted by Crippen LogP contribution is -2.43. The molecule has 0 radical (unpaired) electrons. The highest BCUT2D eigenvalue weighted by molar-refractivity contribution is 7.89. The first-order valence-corrected chi connectivity index (χ1v) is 12.5. The van der Waals surface area contributed by atoms with Gasteiger partial charge in [-0.1, -0.05) is 53.7 Å². The average Bonchev–Trinajstić information content (AvgIpc) is 3.23. The molecule has 34 heavy (non-hydrogen) atoms. The second kappa shape index (κ2) is 10.3. The zero-order valence-electron chi connectivity index (χ0n) is 18.8. The van der Waals surface area contributed by atoms with Crippen LogP contribution in [0.5, 0.6) is 0 Å². The Bertz CT molecular complexity index is 1280. The van der Waals surface area contributed by atoms with Crippen LogP contribution in [-0.4, -0.2) is 36.9 Å². The summed E-state index contributed by atoms with van der Waals surface area (Å²) in [5.41, 5.74) is 1.55. The minimum atomic E-state index is -3.90. The fourth-order valence-electron chi connectivity index (χ4n) is 3.99. The van der Waals surface area contributed by atoms with E-state index in [9.17, 15) is 17.6 Å². The van der Waals surface area contributed by atoms with Gasteiger partial charge in [0.25, 0.3) is 0 Å². The highest BCUT2D eigenvalue weighted by Crippen LogP contribution is 2.29. The van der Waals surface area contributed by atoms with Crippen molar-refractivity contribution in [2.24, 2.45) is 5.92 Å². The SMILES string of the molecule is Cc1noc(/C=C/c2ccccc2F)c1S(=O)(=O)N1CCC(C(=O)NCc2ccccc2)CC1. The molecule has 1 aromatic heterocycles. The summed E-state index contributed by atoms with van der Waals surface area (Å²) in [5, 5.41) is 6.75. The summed E-state index contributed by atoms with van der Waals surface area (Å²) in [7, 11) is -3.90. The van der Waals surface area contributed by atoms with Gasteiger partial charge in [-0.3, -0.25) is 4.79 Å². The van der Waals surface area contributed by atoms with E-state index >= 15 is 0 Å². The molecule has 7 nitrogen and oxygen atoms in total. The Balaban J connectivity index is 1.42. The lowest BCUT2D eigenvalue weighted by atomic mass is 9.97. The number of nitrogens with zero attached hydrogens (tertiary/aromatic N) is 2. The maximum absolute atomic E-state index is 13.9. The van der Waals surface area contributed by atoms with Crippen LogP contribution in [0.4, 0.5) is 4.39 Å². The van der Waals surface area contributed by atoms with E-state index in [1.165, 1.54) is 22.5 Å². The van der Waals surface area contributed by atoms with Crippen molar-refractivity contribution >= 4 is 28.1 Å². The van der Waals surface area contributed by atoms with Crippen LogP contribution in [0, 0.1) is 18.7 Å². The summed E-state index contributed by atoms with van der Waals surface area (Å²) in [5.74, 6) is -0.704. The average molecular weight is 484 g/mol. The molecule has 1 aliphatic rings. The fourth-order valence-corrected chi connectivity index (χ4v) is 5.71. The molecule has 0 aliphatic carbocycles. The monoisotopic (exact) mass is 483 g/mol. The standard InChI is InChI=1S/C25H26FN3O4S/c1-18-24(23(33-28-18)12-11-20-9-5-6-10-22(20)26)34(31,32)29-15-13-21(14-16-29)25(30)27-17-19-7-3-2-4-8-19/h2-12,21H,13-17H2,1H3,(H,27,30)/b12-11+. The lowest BCUT2D eigenvalue weighted by molar-refractivity contribution is -0.126. The Morgan fingerprint density at radius 3 is 2.50 bits per heavy atom. The second-order valence-electron chi connectivity index (χ2n) is 8.20. The van der Waals surface area contributed by atoms with E-state index in [0.717, 1.165) is 5.56 Å². The molecule has 2 heterocycles. The number of hydrogen-bond acceptors (Lipinski definition) is 5. The van der Waals surface area contributed by atoms with Crippen LogP contribution < -0.4 is 5.32 Å². The van der Waals surface area contributed by atoms with Gasteiger partial charge < -0.3 is 9.84 Å². The predicted molar refractivity (Wildman–Crippen MR) is 126 cm³/mol. The van der Waals surface area contributed by atoms with Crippen molar-refractivity contribution in [1.29, 1.82) is 0 Å².